The average Bonchev–Trinajstić information content (AvgIpc) is 2.69. The lowest BCUT2D eigenvalue weighted by Crippen LogP contribution is -2.51. The number of hydrogen-bond donors (Lipinski definition) is 2. The third kappa shape index (κ3) is 2.73. The van der Waals surface area contributed by atoms with E-state index in [1.54, 1.807) is 12.4 Å². The molecule has 0 saturated carbocycles. The number of piperazine rings is 1. The van der Waals surface area contributed by atoms with Crippen molar-refractivity contribution in [1.82, 2.24) is 15.2 Å². The molecule has 0 spiro atoms. The molecule has 84 valence electrons. The molecule has 0 bridgehead atoms. The van der Waals surface area contributed by atoms with Crippen molar-refractivity contribution < 1.29 is 4.79 Å². The Kier molecular flexibility index (Phi) is 4.17. The first-order chi connectivity index (χ1) is 6.77. The monoisotopic (exact) mass is 229 g/mol. The summed E-state index contributed by atoms with van der Waals surface area (Å²) in [6.45, 7) is 4.58. The van der Waals surface area contributed by atoms with Crippen LogP contribution in [0.4, 0.5) is 0 Å². The molecule has 1 aromatic heterocycles. The van der Waals surface area contributed by atoms with Gasteiger partial charge in [0.1, 0.15) is 0 Å². The first-order valence-corrected chi connectivity index (χ1v) is 4.93. The maximum Gasteiger partial charge on any atom is 0.255 e. The number of aromatic nitrogens is 1. The smallest absolute Gasteiger partial charge is 0.255 e. The molecule has 0 aromatic carbocycles. The molecule has 0 radical (unpaired) electrons. The first-order valence-electron chi connectivity index (χ1n) is 4.93. The van der Waals surface area contributed by atoms with Gasteiger partial charge >= 0.3 is 0 Å². The molecular formula is C10H16ClN3O. The summed E-state index contributed by atoms with van der Waals surface area (Å²) < 4.78 is 0. The summed E-state index contributed by atoms with van der Waals surface area (Å²) in [6.07, 6.45) is 3.52. The fourth-order valence-electron chi connectivity index (χ4n) is 1.76. The quantitative estimate of drug-likeness (QED) is 0.751. The van der Waals surface area contributed by atoms with Gasteiger partial charge in [-0.15, -0.1) is 12.4 Å². The molecule has 0 unspecified atom stereocenters. The van der Waals surface area contributed by atoms with Gasteiger partial charge in [-0.2, -0.15) is 0 Å². The molecule has 1 aliphatic heterocycles. The van der Waals surface area contributed by atoms with Gasteiger partial charge in [-0.1, -0.05) is 0 Å². The Morgan fingerprint density at radius 2 is 2.40 bits per heavy atom. The summed E-state index contributed by atoms with van der Waals surface area (Å²) in [6, 6.07) is 2.21. The summed E-state index contributed by atoms with van der Waals surface area (Å²) in [7, 11) is 0. The van der Waals surface area contributed by atoms with Gasteiger partial charge in [-0.05, 0) is 13.0 Å². The minimum Gasteiger partial charge on any atom is -0.367 e. The van der Waals surface area contributed by atoms with Crippen molar-refractivity contribution in [1.29, 1.82) is 0 Å². The average molecular weight is 230 g/mol. The zero-order valence-electron chi connectivity index (χ0n) is 8.69. The van der Waals surface area contributed by atoms with Crippen LogP contribution in [-0.4, -0.2) is 41.5 Å². The van der Waals surface area contributed by atoms with Gasteiger partial charge < -0.3 is 15.2 Å². The first kappa shape index (κ1) is 12.1. The van der Waals surface area contributed by atoms with Gasteiger partial charge in [0.15, 0.2) is 0 Å². The predicted octanol–water partition coefficient (Wildman–Crippen LogP) is 0.870. The third-order valence-corrected chi connectivity index (χ3v) is 2.50. The fraction of sp³-hybridized carbons (Fsp3) is 0.500. The highest BCUT2D eigenvalue weighted by atomic mass is 35.5. The van der Waals surface area contributed by atoms with E-state index in [-0.39, 0.29) is 18.3 Å². The van der Waals surface area contributed by atoms with Crippen molar-refractivity contribution in [2.24, 2.45) is 0 Å². The molecule has 2 heterocycles. The van der Waals surface area contributed by atoms with E-state index in [4.69, 9.17) is 0 Å². The van der Waals surface area contributed by atoms with Crippen molar-refractivity contribution in [3.8, 4) is 0 Å². The molecule has 1 saturated heterocycles. The minimum atomic E-state index is 0. The summed E-state index contributed by atoms with van der Waals surface area (Å²) in [5, 5.41) is 3.31. The normalized spacial score (nSPS) is 20.9. The number of nitrogens with zero attached hydrogens (tertiary/aromatic N) is 1. The molecule has 15 heavy (non-hydrogen) atoms. The van der Waals surface area contributed by atoms with Crippen molar-refractivity contribution in [3.05, 3.63) is 24.0 Å². The Hall–Kier alpha value is -1.00. The second-order valence-electron chi connectivity index (χ2n) is 3.71. The van der Waals surface area contributed by atoms with E-state index in [1.165, 1.54) is 0 Å². The lowest BCUT2D eigenvalue weighted by molar-refractivity contribution is 0.0709. The van der Waals surface area contributed by atoms with E-state index in [1.807, 2.05) is 11.0 Å². The SMILES string of the molecule is C[C@@H]1CN(C(=O)c2cc[nH]c2)CCN1.Cl. The van der Waals surface area contributed by atoms with Gasteiger partial charge in [-0.3, -0.25) is 4.79 Å². The highest BCUT2D eigenvalue weighted by molar-refractivity contribution is 5.94. The van der Waals surface area contributed by atoms with Crippen molar-refractivity contribution >= 4 is 18.3 Å². The highest BCUT2D eigenvalue weighted by Crippen LogP contribution is 2.06. The van der Waals surface area contributed by atoms with Crippen LogP contribution in [0, 0.1) is 0 Å². The molecule has 4 nitrogen and oxygen atoms in total. The molecule has 5 heteroatoms. The van der Waals surface area contributed by atoms with E-state index in [9.17, 15) is 4.79 Å². The molecule has 1 aliphatic rings. The third-order valence-electron chi connectivity index (χ3n) is 2.50. The zero-order valence-corrected chi connectivity index (χ0v) is 9.51. The molecular weight excluding hydrogens is 214 g/mol. The maximum absolute atomic E-state index is 11.9. The minimum absolute atomic E-state index is 0. The number of carbonyl (C=O) groups is 1. The second-order valence-corrected chi connectivity index (χ2v) is 3.71. The highest BCUT2D eigenvalue weighted by Gasteiger charge is 2.21. The summed E-state index contributed by atoms with van der Waals surface area (Å²) in [4.78, 5) is 16.7. The van der Waals surface area contributed by atoms with E-state index in [2.05, 4.69) is 17.2 Å². The lowest BCUT2D eigenvalue weighted by Gasteiger charge is -2.31. The predicted molar refractivity (Wildman–Crippen MR) is 61.4 cm³/mol. The summed E-state index contributed by atoms with van der Waals surface area (Å²) in [5.74, 6) is 0.125. The van der Waals surface area contributed by atoms with E-state index in [0.29, 0.717) is 6.04 Å². The van der Waals surface area contributed by atoms with Crippen LogP contribution >= 0.6 is 12.4 Å². The van der Waals surface area contributed by atoms with Crippen LogP contribution in [0.3, 0.4) is 0 Å². The molecule has 2 N–H and O–H groups in total. The molecule has 1 amide bonds. The van der Waals surface area contributed by atoms with E-state index >= 15 is 0 Å². The van der Waals surface area contributed by atoms with Gasteiger partial charge in [0.05, 0.1) is 5.56 Å². The number of rotatable bonds is 1. The van der Waals surface area contributed by atoms with Crippen LogP contribution in [0.2, 0.25) is 0 Å². The van der Waals surface area contributed by atoms with Crippen LogP contribution < -0.4 is 5.32 Å². The molecule has 1 aromatic rings. The van der Waals surface area contributed by atoms with E-state index in [0.717, 1.165) is 25.2 Å². The van der Waals surface area contributed by atoms with Crippen LogP contribution in [0.15, 0.2) is 18.5 Å². The number of carbonyl (C=O) groups excluding carboxylic acids is 1. The van der Waals surface area contributed by atoms with Gasteiger partial charge in [0.2, 0.25) is 0 Å². The lowest BCUT2D eigenvalue weighted by atomic mass is 10.2. The summed E-state index contributed by atoms with van der Waals surface area (Å²) in [5.41, 5.74) is 0.749. The molecule has 1 fully saturated rings. The van der Waals surface area contributed by atoms with Crippen molar-refractivity contribution in [2.75, 3.05) is 19.6 Å². The zero-order chi connectivity index (χ0) is 9.97. The van der Waals surface area contributed by atoms with E-state index < -0.39 is 0 Å². The van der Waals surface area contributed by atoms with Gasteiger partial charge in [-0.25, -0.2) is 0 Å². The van der Waals surface area contributed by atoms with Crippen molar-refractivity contribution in [3.63, 3.8) is 0 Å². The maximum atomic E-state index is 11.9. The molecule has 2 rings (SSSR count). The van der Waals surface area contributed by atoms with Gasteiger partial charge in [0, 0.05) is 38.1 Å². The Balaban J connectivity index is 0.00000112. The Morgan fingerprint density at radius 1 is 1.60 bits per heavy atom. The van der Waals surface area contributed by atoms with Crippen LogP contribution in [0.5, 0.6) is 0 Å². The Bertz CT molecular complexity index is 312. The standard InChI is InChI=1S/C10H15N3O.ClH/c1-8-7-13(5-4-12-8)10(14)9-2-3-11-6-9;/h2-3,6,8,11-12H,4-5,7H2,1H3;1H/t8-;/m1./s1. The largest absolute Gasteiger partial charge is 0.367 e. The van der Waals surface area contributed by atoms with Crippen LogP contribution in [0.1, 0.15) is 17.3 Å². The van der Waals surface area contributed by atoms with Crippen LogP contribution in [0.25, 0.3) is 0 Å². The Morgan fingerprint density at radius 3 is 3.00 bits per heavy atom. The number of amides is 1. The Labute approximate surface area is 95.4 Å². The summed E-state index contributed by atoms with van der Waals surface area (Å²) >= 11 is 0. The number of aromatic amines is 1. The topological polar surface area (TPSA) is 48.1 Å². The number of hydrogen-bond acceptors (Lipinski definition) is 2. The van der Waals surface area contributed by atoms with Crippen molar-refractivity contribution in [2.45, 2.75) is 13.0 Å². The number of nitrogens with one attached hydrogen (secondary N) is 2. The fourth-order valence-corrected chi connectivity index (χ4v) is 1.76. The number of H-pyrrole nitrogens is 1. The van der Waals surface area contributed by atoms with Crippen LogP contribution in [-0.2, 0) is 0 Å². The molecule has 0 aliphatic carbocycles. The number of halogens is 1. The van der Waals surface area contributed by atoms with Gasteiger partial charge in [0.25, 0.3) is 5.91 Å². The second kappa shape index (κ2) is 5.19. The molecule has 1 atom stereocenters.